The lowest BCUT2D eigenvalue weighted by molar-refractivity contribution is -0.117. The lowest BCUT2D eigenvalue weighted by Crippen LogP contribution is -2.29. The van der Waals surface area contributed by atoms with Crippen LogP contribution in [0.1, 0.15) is 15.9 Å². The van der Waals surface area contributed by atoms with Gasteiger partial charge in [0, 0.05) is 17.8 Å². The smallest absolute Gasteiger partial charge is 0.248 e. The molecule has 3 N–H and O–H groups in total. The van der Waals surface area contributed by atoms with Gasteiger partial charge in [0.2, 0.25) is 11.8 Å². The minimum atomic E-state index is -0.483. The number of primary amides is 1. The molecule has 0 unspecified atom stereocenters. The molecule has 1 heterocycles. The Morgan fingerprint density at radius 1 is 1.24 bits per heavy atom. The van der Waals surface area contributed by atoms with E-state index in [1.54, 1.807) is 35.6 Å². The van der Waals surface area contributed by atoms with Gasteiger partial charge in [-0.1, -0.05) is 0 Å². The van der Waals surface area contributed by atoms with E-state index in [4.69, 9.17) is 5.73 Å². The Balaban J connectivity index is 1.84. The summed E-state index contributed by atoms with van der Waals surface area (Å²) in [7, 11) is 1.90. The van der Waals surface area contributed by atoms with Crippen LogP contribution in [0, 0.1) is 0 Å². The molecule has 110 valence electrons. The molecule has 0 aliphatic heterocycles. The van der Waals surface area contributed by atoms with Gasteiger partial charge in [-0.25, -0.2) is 0 Å². The number of rotatable bonds is 6. The summed E-state index contributed by atoms with van der Waals surface area (Å²) in [6.45, 7) is 1.03. The number of anilines is 1. The molecule has 21 heavy (non-hydrogen) atoms. The first-order valence-corrected chi connectivity index (χ1v) is 7.38. The van der Waals surface area contributed by atoms with Crippen LogP contribution in [0.25, 0.3) is 0 Å². The molecule has 0 aliphatic rings. The Bertz CT molecular complexity index is 608. The highest BCUT2D eigenvalue weighted by Gasteiger charge is 2.08. The van der Waals surface area contributed by atoms with E-state index in [1.807, 2.05) is 23.4 Å². The van der Waals surface area contributed by atoms with Crippen LogP contribution in [0.4, 0.5) is 5.69 Å². The molecule has 0 saturated heterocycles. The highest BCUT2D eigenvalue weighted by molar-refractivity contribution is 7.07. The Hall–Kier alpha value is -2.18. The topological polar surface area (TPSA) is 75.4 Å². The molecule has 5 nitrogen and oxygen atoms in total. The Morgan fingerprint density at radius 2 is 1.95 bits per heavy atom. The molecule has 1 aromatic carbocycles. The SMILES string of the molecule is CN(CC(=O)Nc1ccc(C(N)=O)cc1)Cc1ccsc1. The number of nitrogens with one attached hydrogen (secondary N) is 1. The summed E-state index contributed by atoms with van der Waals surface area (Å²) in [5.41, 5.74) is 7.42. The first-order valence-electron chi connectivity index (χ1n) is 6.44. The van der Waals surface area contributed by atoms with Crippen LogP contribution in [0.3, 0.4) is 0 Å². The molecule has 0 spiro atoms. The van der Waals surface area contributed by atoms with Crippen molar-refractivity contribution >= 4 is 28.8 Å². The van der Waals surface area contributed by atoms with E-state index in [1.165, 1.54) is 5.56 Å². The summed E-state index contributed by atoms with van der Waals surface area (Å²) in [6.07, 6.45) is 0. The Kier molecular flexibility index (Phi) is 5.08. The first kappa shape index (κ1) is 15.2. The van der Waals surface area contributed by atoms with Gasteiger partial charge in [-0.2, -0.15) is 11.3 Å². The second-order valence-electron chi connectivity index (χ2n) is 4.79. The molecule has 0 fully saturated rings. The zero-order valence-corrected chi connectivity index (χ0v) is 12.5. The fourth-order valence-corrected chi connectivity index (χ4v) is 2.57. The van der Waals surface area contributed by atoms with Crippen molar-refractivity contribution in [2.75, 3.05) is 18.9 Å². The number of nitrogens with two attached hydrogens (primary N) is 1. The maximum absolute atomic E-state index is 11.9. The standard InChI is InChI=1S/C15H17N3O2S/c1-18(8-11-6-7-21-10-11)9-14(19)17-13-4-2-12(3-5-13)15(16)20/h2-7,10H,8-9H2,1H3,(H2,16,20)(H,17,19). The third kappa shape index (κ3) is 4.70. The quantitative estimate of drug-likeness (QED) is 0.856. The summed E-state index contributed by atoms with van der Waals surface area (Å²) in [5, 5.41) is 6.87. The fraction of sp³-hybridized carbons (Fsp3) is 0.200. The molecule has 2 amide bonds. The predicted octanol–water partition coefficient (Wildman–Crippen LogP) is 1.92. The number of thiophene rings is 1. The molecule has 0 saturated carbocycles. The number of nitrogens with zero attached hydrogens (tertiary/aromatic N) is 1. The summed E-state index contributed by atoms with van der Waals surface area (Å²) in [6, 6.07) is 8.55. The van der Waals surface area contributed by atoms with Gasteiger partial charge in [-0.15, -0.1) is 0 Å². The van der Waals surface area contributed by atoms with Crippen molar-refractivity contribution in [2.24, 2.45) is 5.73 Å². The van der Waals surface area contributed by atoms with E-state index < -0.39 is 5.91 Å². The molecule has 1 aromatic heterocycles. The third-order valence-electron chi connectivity index (χ3n) is 2.90. The maximum Gasteiger partial charge on any atom is 0.248 e. The number of benzene rings is 1. The predicted molar refractivity (Wildman–Crippen MR) is 84.2 cm³/mol. The summed E-state index contributed by atoms with van der Waals surface area (Å²) < 4.78 is 0. The van der Waals surface area contributed by atoms with E-state index in [2.05, 4.69) is 10.7 Å². The minimum absolute atomic E-state index is 0.0976. The molecule has 0 aliphatic carbocycles. The highest BCUT2D eigenvalue weighted by Crippen LogP contribution is 2.10. The number of likely N-dealkylation sites (N-methyl/N-ethyl adjacent to an activating group) is 1. The normalized spacial score (nSPS) is 10.6. The van der Waals surface area contributed by atoms with Crippen LogP contribution >= 0.6 is 11.3 Å². The van der Waals surface area contributed by atoms with Crippen molar-refractivity contribution < 1.29 is 9.59 Å². The molecule has 2 rings (SSSR count). The van der Waals surface area contributed by atoms with Crippen LogP contribution in [0.2, 0.25) is 0 Å². The number of carbonyl (C=O) groups excluding carboxylic acids is 2. The van der Waals surface area contributed by atoms with Crippen LogP contribution < -0.4 is 11.1 Å². The number of hydrogen-bond acceptors (Lipinski definition) is 4. The van der Waals surface area contributed by atoms with Crippen LogP contribution in [-0.4, -0.2) is 30.3 Å². The maximum atomic E-state index is 11.9. The Morgan fingerprint density at radius 3 is 2.52 bits per heavy atom. The molecule has 0 atom stereocenters. The van der Waals surface area contributed by atoms with Gasteiger partial charge in [-0.3, -0.25) is 14.5 Å². The van der Waals surface area contributed by atoms with Crippen LogP contribution in [-0.2, 0) is 11.3 Å². The lowest BCUT2D eigenvalue weighted by Gasteiger charge is -2.15. The fourth-order valence-electron chi connectivity index (χ4n) is 1.91. The van der Waals surface area contributed by atoms with Crippen molar-refractivity contribution in [3.63, 3.8) is 0 Å². The summed E-state index contributed by atoms with van der Waals surface area (Å²) in [4.78, 5) is 24.8. The average molecular weight is 303 g/mol. The average Bonchev–Trinajstić information content (AvgIpc) is 2.91. The van der Waals surface area contributed by atoms with E-state index in [-0.39, 0.29) is 5.91 Å². The van der Waals surface area contributed by atoms with E-state index >= 15 is 0 Å². The number of carbonyl (C=O) groups is 2. The van der Waals surface area contributed by atoms with Crippen molar-refractivity contribution in [3.05, 3.63) is 52.2 Å². The van der Waals surface area contributed by atoms with Gasteiger partial charge < -0.3 is 11.1 Å². The molecule has 0 bridgehead atoms. The lowest BCUT2D eigenvalue weighted by atomic mass is 10.2. The van der Waals surface area contributed by atoms with E-state index in [0.29, 0.717) is 17.8 Å². The molecule has 0 radical (unpaired) electrons. The second-order valence-corrected chi connectivity index (χ2v) is 5.57. The first-order chi connectivity index (χ1) is 10.0. The monoisotopic (exact) mass is 303 g/mol. The van der Waals surface area contributed by atoms with E-state index in [0.717, 1.165) is 6.54 Å². The van der Waals surface area contributed by atoms with Crippen LogP contribution in [0.5, 0.6) is 0 Å². The number of amides is 2. The zero-order valence-electron chi connectivity index (χ0n) is 11.7. The number of hydrogen-bond donors (Lipinski definition) is 2. The molecule has 2 aromatic rings. The zero-order chi connectivity index (χ0) is 15.2. The largest absolute Gasteiger partial charge is 0.366 e. The third-order valence-corrected chi connectivity index (χ3v) is 3.63. The van der Waals surface area contributed by atoms with Gasteiger partial charge in [-0.05, 0) is 53.7 Å². The highest BCUT2D eigenvalue weighted by atomic mass is 32.1. The van der Waals surface area contributed by atoms with Gasteiger partial charge >= 0.3 is 0 Å². The second kappa shape index (κ2) is 7.01. The van der Waals surface area contributed by atoms with Crippen molar-refractivity contribution in [2.45, 2.75) is 6.54 Å². The van der Waals surface area contributed by atoms with E-state index in [9.17, 15) is 9.59 Å². The van der Waals surface area contributed by atoms with Crippen LogP contribution in [0.15, 0.2) is 41.1 Å². The van der Waals surface area contributed by atoms with Crippen molar-refractivity contribution in [1.29, 1.82) is 0 Å². The minimum Gasteiger partial charge on any atom is -0.366 e. The van der Waals surface area contributed by atoms with Gasteiger partial charge in [0.15, 0.2) is 0 Å². The van der Waals surface area contributed by atoms with Crippen molar-refractivity contribution in [1.82, 2.24) is 4.90 Å². The summed E-state index contributed by atoms with van der Waals surface area (Å²) >= 11 is 1.64. The molecule has 6 heteroatoms. The van der Waals surface area contributed by atoms with Crippen molar-refractivity contribution in [3.8, 4) is 0 Å². The van der Waals surface area contributed by atoms with Gasteiger partial charge in [0.25, 0.3) is 0 Å². The Labute approximate surface area is 127 Å². The van der Waals surface area contributed by atoms with Gasteiger partial charge in [0.05, 0.1) is 6.54 Å². The molecular weight excluding hydrogens is 286 g/mol. The van der Waals surface area contributed by atoms with Gasteiger partial charge in [0.1, 0.15) is 0 Å². The molecular formula is C15H17N3O2S. The summed E-state index contributed by atoms with van der Waals surface area (Å²) in [5.74, 6) is -0.581.